The van der Waals surface area contributed by atoms with E-state index in [2.05, 4.69) is 13.0 Å². The molecule has 0 saturated carbocycles. The van der Waals surface area contributed by atoms with Crippen LogP contribution in [0.2, 0.25) is 0 Å². The first-order valence-electron chi connectivity index (χ1n) is 8.49. The molecule has 1 N–H and O–H groups in total. The number of allylic oxidation sites excluding steroid dienone is 2. The smallest absolute Gasteiger partial charge is 0.0876 e. The van der Waals surface area contributed by atoms with Crippen molar-refractivity contribution in [2.24, 2.45) is 0 Å². The first kappa shape index (κ1) is 17.3. The third kappa shape index (κ3) is 9.19. The van der Waals surface area contributed by atoms with Gasteiger partial charge in [-0.3, -0.25) is 0 Å². The van der Waals surface area contributed by atoms with Crippen molar-refractivity contribution in [1.29, 1.82) is 0 Å². The van der Waals surface area contributed by atoms with Crippen molar-refractivity contribution < 1.29 is 9.84 Å². The molecule has 2 heteroatoms. The maximum Gasteiger partial charge on any atom is 0.0876 e. The lowest BCUT2D eigenvalue weighted by Gasteiger charge is -2.01. The molecule has 1 heterocycles. The molecule has 0 aromatic rings. The number of hydrogen-bond donors (Lipinski definition) is 1. The van der Waals surface area contributed by atoms with Crippen LogP contribution in [0.1, 0.15) is 77.6 Å². The molecular formula is C18H32O2. The summed E-state index contributed by atoms with van der Waals surface area (Å²) in [5.74, 6) is 0. The van der Waals surface area contributed by atoms with Gasteiger partial charge in [-0.25, -0.2) is 0 Å². The van der Waals surface area contributed by atoms with Crippen LogP contribution in [-0.4, -0.2) is 17.3 Å². The van der Waals surface area contributed by atoms with Crippen LogP contribution in [0.3, 0.4) is 0 Å². The van der Waals surface area contributed by atoms with Crippen molar-refractivity contribution >= 4 is 0 Å². The zero-order chi connectivity index (χ0) is 14.5. The summed E-state index contributed by atoms with van der Waals surface area (Å²) in [7, 11) is 0. The maximum absolute atomic E-state index is 8.48. The summed E-state index contributed by atoms with van der Waals surface area (Å²) in [6.45, 7) is 2.27. The number of unbranched alkanes of at least 4 members (excludes halogenated alkanes) is 8. The van der Waals surface area contributed by atoms with Crippen molar-refractivity contribution in [2.45, 2.75) is 89.8 Å². The first-order chi connectivity index (χ1) is 9.88. The van der Waals surface area contributed by atoms with Gasteiger partial charge in [0.25, 0.3) is 0 Å². The van der Waals surface area contributed by atoms with E-state index in [4.69, 9.17) is 9.84 Å². The highest BCUT2D eigenvalue weighted by Gasteiger charge is 2.36. The summed E-state index contributed by atoms with van der Waals surface area (Å²) in [4.78, 5) is 0. The Labute approximate surface area is 124 Å². The van der Waals surface area contributed by atoms with E-state index in [0.717, 1.165) is 12.7 Å². The third-order valence-corrected chi connectivity index (χ3v) is 3.98. The third-order valence-electron chi connectivity index (χ3n) is 3.98. The van der Waals surface area contributed by atoms with Gasteiger partial charge in [0.05, 0.1) is 18.5 Å². The van der Waals surface area contributed by atoms with Crippen LogP contribution in [0.25, 0.3) is 0 Å². The van der Waals surface area contributed by atoms with Gasteiger partial charge in [0.15, 0.2) is 0 Å². The number of rotatable bonds is 13. The highest BCUT2D eigenvalue weighted by Crippen LogP contribution is 2.30. The number of epoxide rings is 1. The molecule has 0 bridgehead atoms. The van der Waals surface area contributed by atoms with Crippen molar-refractivity contribution in [2.75, 3.05) is 0 Å². The lowest BCUT2D eigenvalue weighted by Crippen LogP contribution is -1.92. The van der Waals surface area contributed by atoms with Gasteiger partial charge in [-0.1, -0.05) is 76.9 Å². The molecule has 1 aliphatic rings. The van der Waals surface area contributed by atoms with Crippen molar-refractivity contribution in [3.05, 3.63) is 24.5 Å². The lowest BCUT2D eigenvalue weighted by atomic mass is 10.0. The second kappa shape index (κ2) is 12.0. The number of ether oxygens (including phenoxy) is 1. The summed E-state index contributed by atoms with van der Waals surface area (Å²) in [5, 5.41) is 8.48. The van der Waals surface area contributed by atoms with Crippen LogP contribution >= 0.6 is 0 Å². The monoisotopic (exact) mass is 280 g/mol. The van der Waals surface area contributed by atoms with Gasteiger partial charge in [-0.15, -0.1) is 0 Å². The average Bonchev–Trinajstić information content (AvgIpc) is 3.20. The Balaban J connectivity index is 1.79. The van der Waals surface area contributed by atoms with E-state index in [1.165, 1.54) is 64.2 Å². The maximum atomic E-state index is 8.48. The fraction of sp³-hybridized carbons (Fsp3) is 0.778. The molecule has 0 aliphatic carbocycles. The van der Waals surface area contributed by atoms with Crippen molar-refractivity contribution in [3.8, 4) is 0 Å². The van der Waals surface area contributed by atoms with E-state index in [1.807, 2.05) is 6.08 Å². The van der Waals surface area contributed by atoms with Gasteiger partial charge in [-0.2, -0.15) is 0 Å². The second-order valence-corrected chi connectivity index (χ2v) is 5.84. The predicted octanol–water partition coefficient (Wildman–Crippen LogP) is 5.69. The summed E-state index contributed by atoms with van der Waals surface area (Å²) in [6.07, 6.45) is 22.3. The summed E-state index contributed by atoms with van der Waals surface area (Å²) >= 11 is 0. The van der Waals surface area contributed by atoms with E-state index < -0.39 is 0 Å². The SMILES string of the molecule is CCCCCCCCCCC[C@H]1O[C@H]1C/C=C\C=C\O. The van der Waals surface area contributed by atoms with Crippen molar-refractivity contribution in [1.82, 2.24) is 0 Å². The fourth-order valence-corrected chi connectivity index (χ4v) is 2.64. The topological polar surface area (TPSA) is 32.8 Å². The highest BCUT2D eigenvalue weighted by atomic mass is 16.6. The average molecular weight is 280 g/mol. The molecule has 0 unspecified atom stereocenters. The van der Waals surface area contributed by atoms with Crippen LogP contribution in [-0.2, 0) is 4.74 Å². The molecule has 0 radical (unpaired) electrons. The van der Waals surface area contributed by atoms with Gasteiger partial charge >= 0.3 is 0 Å². The quantitative estimate of drug-likeness (QED) is 0.203. The Morgan fingerprint density at radius 3 is 2.15 bits per heavy atom. The Kier molecular flexibility index (Phi) is 10.4. The van der Waals surface area contributed by atoms with Gasteiger partial charge in [0, 0.05) is 0 Å². The molecular weight excluding hydrogens is 248 g/mol. The van der Waals surface area contributed by atoms with Crippen molar-refractivity contribution in [3.63, 3.8) is 0 Å². The zero-order valence-electron chi connectivity index (χ0n) is 13.1. The normalized spacial score (nSPS) is 22.1. The Hall–Kier alpha value is -0.760. The molecule has 0 aromatic heterocycles. The second-order valence-electron chi connectivity index (χ2n) is 5.84. The first-order valence-corrected chi connectivity index (χ1v) is 8.49. The minimum absolute atomic E-state index is 0.437. The molecule has 1 fully saturated rings. The zero-order valence-corrected chi connectivity index (χ0v) is 13.1. The molecule has 2 atom stereocenters. The molecule has 116 valence electrons. The minimum atomic E-state index is 0.437. The number of aliphatic hydroxyl groups excluding tert-OH is 1. The molecule has 1 rings (SSSR count). The molecule has 2 nitrogen and oxygen atoms in total. The van der Waals surface area contributed by atoms with Gasteiger partial charge in [0.1, 0.15) is 0 Å². The summed E-state index contributed by atoms with van der Waals surface area (Å²) < 4.78 is 5.63. The molecule has 20 heavy (non-hydrogen) atoms. The summed E-state index contributed by atoms with van der Waals surface area (Å²) in [6, 6.07) is 0. The van der Waals surface area contributed by atoms with Crippen LogP contribution in [0, 0.1) is 0 Å². The Bertz CT molecular complexity index is 271. The van der Waals surface area contributed by atoms with Gasteiger partial charge < -0.3 is 9.84 Å². The van der Waals surface area contributed by atoms with E-state index in [1.54, 1.807) is 6.08 Å². The Morgan fingerprint density at radius 2 is 1.50 bits per heavy atom. The van der Waals surface area contributed by atoms with Crippen LogP contribution in [0.5, 0.6) is 0 Å². The summed E-state index contributed by atoms with van der Waals surface area (Å²) in [5.41, 5.74) is 0. The predicted molar refractivity (Wildman–Crippen MR) is 86.0 cm³/mol. The standard InChI is InChI=1S/C18H32O2/c1-2-3-4-5-6-7-8-9-11-14-17-18(20-17)15-12-10-13-16-19/h10,12-13,16-19H,2-9,11,14-15H2,1H3/b12-10-,16-13+/t17-,18+/m1/s1. The fourth-order valence-electron chi connectivity index (χ4n) is 2.64. The van der Waals surface area contributed by atoms with E-state index in [9.17, 15) is 0 Å². The van der Waals surface area contributed by atoms with Gasteiger partial charge in [-0.05, 0) is 18.9 Å². The van der Waals surface area contributed by atoms with Gasteiger partial charge in [0.2, 0.25) is 0 Å². The lowest BCUT2D eigenvalue weighted by molar-refractivity contribution is 0.358. The molecule has 1 aliphatic heterocycles. The molecule has 0 spiro atoms. The highest BCUT2D eigenvalue weighted by molar-refractivity contribution is 5.02. The largest absolute Gasteiger partial charge is 0.516 e. The molecule has 0 aromatic carbocycles. The molecule has 0 amide bonds. The number of aliphatic hydroxyl groups is 1. The van der Waals surface area contributed by atoms with Crippen LogP contribution in [0.15, 0.2) is 24.5 Å². The van der Waals surface area contributed by atoms with E-state index in [0.29, 0.717) is 12.2 Å². The number of hydrogen-bond acceptors (Lipinski definition) is 2. The Morgan fingerprint density at radius 1 is 0.850 bits per heavy atom. The van der Waals surface area contributed by atoms with Crippen LogP contribution in [0.4, 0.5) is 0 Å². The van der Waals surface area contributed by atoms with E-state index in [-0.39, 0.29) is 0 Å². The van der Waals surface area contributed by atoms with E-state index >= 15 is 0 Å². The molecule has 1 saturated heterocycles. The van der Waals surface area contributed by atoms with Crippen LogP contribution < -0.4 is 0 Å². The minimum Gasteiger partial charge on any atom is -0.516 e.